The Morgan fingerprint density at radius 3 is 2.04 bits per heavy atom. The molecule has 2 rings (SSSR count). The number of hydrogen-bond donors (Lipinski definition) is 1. The minimum atomic E-state index is -3.95. The molecule has 1 N–H and O–H groups in total. The Morgan fingerprint density at radius 2 is 1.52 bits per heavy atom. The summed E-state index contributed by atoms with van der Waals surface area (Å²) in [6.45, 7) is 0. The first-order valence-electron chi connectivity index (χ1n) is 6.44. The van der Waals surface area contributed by atoms with Gasteiger partial charge < -0.3 is 0 Å². The van der Waals surface area contributed by atoms with Crippen molar-refractivity contribution in [3.05, 3.63) is 54.3 Å². The molecule has 0 amide bonds. The van der Waals surface area contributed by atoms with Crippen molar-refractivity contribution in [1.29, 1.82) is 0 Å². The Balaban J connectivity index is 2.28. The molecule has 0 saturated carbocycles. The zero-order valence-electron chi connectivity index (χ0n) is 12.4. The van der Waals surface area contributed by atoms with E-state index < -0.39 is 25.9 Å². The molecule has 0 heterocycles. The summed E-state index contributed by atoms with van der Waals surface area (Å²) in [5.41, 5.74) is 0.173. The third kappa shape index (κ3) is 3.87. The third-order valence-electron chi connectivity index (χ3n) is 2.99. The summed E-state index contributed by atoms with van der Waals surface area (Å²) in [6.07, 6.45) is 0. The van der Waals surface area contributed by atoms with Crippen molar-refractivity contribution in [2.75, 3.05) is 18.8 Å². The summed E-state index contributed by atoms with van der Waals surface area (Å²) in [5.74, 6) is -0.666. The van der Waals surface area contributed by atoms with Crippen molar-refractivity contribution < 1.29 is 21.2 Å². The van der Waals surface area contributed by atoms with E-state index in [1.807, 2.05) is 0 Å². The smallest absolute Gasteiger partial charge is 0.261 e. The van der Waals surface area contributed by atoms with Crippen molar-refractivity contribution in [3.8, 4) is 0 Å². The maximum absolute atomic E-state index is 13.1. The zero-order chi connectivity index (χ0) is 17.3. The van der Waals surface area contributed by atoms with E-state index in [4.69, 9.17) is 0 Å². The van der Waals surface area contributed by atoms with Crippen molar-refractivity contribution in [2.24, 2.45) is 0 Å². The quantitative estimate of drug-likeness (QED) is 0.884. The van der Waals surface area contributed by atoms with E-state index in [-0.39, 0.29) is 15.5 Å². The molecular formula is C14H15FN2O4S2. The van der Waals surface area contributed by atoms with Crippen LogP contribution in [0.3, 0.4) is 0 Å². The van der Waals surface area contributed by atoms with Crippen LogP contribution in [0.4, 0.5) is 10.1 Å². The first kappa shape index (κ1) is 17.4. The van der Waals surface area contributed by atoms with Gasteiger partial charge in [0, 0.05) is 19.8 Å². The number of rotatable bonds is 5. The van der Waals surface area contributed by atoms with E-state index in [0.29, 0.717) is 0 Å². The highest BCUT2D eigenvalue weighted by Crippen LogP contribution is 2.20. The Labute approximate surface area is 134 Å². The van der Waals surface area contributed by atoms with Gasteiger partial charge in [0.1, 0.15) is 5.82 Å². The van der Waals surface area contributed by atoms with Crippen LogP contribution in [0.25, 0.3) is 0 Å². The number of halogens is 1. The number of nitrogens with one attached hydrogen (secondary N) is 1. The van der Waals surface area contributed by atoms with Crippen LogP contribution >= 0.6 is 0 Å². The normalized spacial score (nSPS) is 12.3. The summed E-state index contributed by atoms with van der Waals surface area (Å²) in [5, 5.41) is 0. The lowest BCUT2D eigenvalue weighted by atomic mass is 10.3. The fraction of sp³-hybridized carbons (Fsp3) is 0.143. The standard InChI is InChI=1S/C14H15FN2O4S2/c1-17(2)23(20,21)13-8-6-12(7-9-13)16-22(18,19)14-5-3-4-11(15)10-14/h3-10,16H,1-2H3. The zero-order valence-corrected chi connectivity index (χ0v) is 14.0. The Bertz CT molecular complexity index is 908. The van der Waals surface area contributed by atoms with Gasteiger partial charge in [0.15, 0.2) is 0 Å². The molecule has 0 spiro atoms. The van der Waals surface area contributed by atoms with Gasteiger partial charge in [-0.25, -0.2) is 25.5 Å². The summed E-state index contributed by atoms with van der Waals surface area (Å²) < 4.78 is 64.6. The molecule has 0 aliphatic carbocycles. The van der Waals surface area contributed by atoms with Gasteiger partial charge in [-0.15, -0.1) is 0 Å². The highest BCUT2D eigenvalue weighted by Gasteiger charge is 2.18. The van der Waals surface area contributed by atoms with Crippen LogP contribution in [0.5, 0.6) is 0 Å². The SMILES string of the molecule is CN(C)S(=O)(=O)c1ccc(NS(=O)(=O)c2cccc(F)c2)cc1. The van der Waals surface area contributed by atoms with Gasteiger partial charge in [0.2, 0.25) is 10.0 Å². The van der Waals surface area contributed by atoms with Crippen LogP contribution in [0.15, 0.2) is 58.3 Å². The fourth-order valence-electron chi connectivity index (χ4n) is 1.75. The van der Waals surface area contributed by atoms with Crippen molar-refractivity contribution in [1.82, 2.24) is 4.31 Å². The maximum atomic E-state index is 13.1. The summed E-state index contributed by atoms with van der Waals surface area (Å²) in [4.78, 5) is -0.182. The van der Waals surface area contributed by atoms with Crippen LogP contribution < -0.4 is 4.72 Å². The van der Waals surface area contributed by atoms with Gasteiger partial charge in [-0.05, 0) is 42.5 Å². The van der Waals surface area contributed by atoms with Gasteiger partial charge in [-0.1, -0.05) is 6.07 Å². The summed E-state index contributed by atoms with van der Waals surface area (Å²) in [7, 11) is -4.74. The molecule has 0 fully saturated rings. The molecule has 124 valence electrons. The van der Waals surface area contributed by atoms with Gasteiger partial charge >= 0.3 is 0 Å². The molecule has 0 aliphatic heterocycles. The number of nitrogens with zero attached hydrogens (tertiary/aromatic N) is 1. The predicted molar refractivity (Wildman–Crippen MR) is 84.5 cm³/mol. The second kappa shape index (κ2) is 6.26. The molecule has 0 saturated heterocycles. The lowest BCUT2D eigenvalue weighted by Gasteiger charge is -2.12. The van der Waals surface area contributed by atoms with Crippen LogP contribution in [-0.4, -0.2) is 35.2 Å². The molecule has 23 heavy (non-hydrogen) atoms. The Morgan fingerprint density at radius 1 is 0.913 bits per heavy atom. The highest BCUT2D eigenvalue weighted by atomic mass is 32.2. The molecule has 2 aromatic rings. The minimum absolute atomic E-state index is 0.0382. The van der Waals surface area contributed by atoms with Gasteiger partial charge in [-0.3, -0.25) is 4.72 Å². The van der Waals surface area contributed by atoms with Crippen LogP contribution in [0.2, 0.25) is 0 Å². The number of anilines is 1. The molecule has 6 nitrogen and oxygen atoms in total. The Hall–Kier alpha value is -1.97. The molecule has 0 bridgehead atoms. The molecule has 0 atom stereocenters. The number of hydrogen-bond acceptors (Lipinski definition) is 4. The monoisotopic (exact) mass is 358 g/mol. The maximum Gasteiger partial charge on any atom is 0.261 e. The molecular weight excluding hydrogens is 343 g/mol. The first-order chi connectivity index (χ1) is 10.6. The van der Waals surface area contributed by atoms with Gasteiger partial charge in [-0.2, -0.15) is 0 Å². The topological polar surface area (TPSA) is 83.6 Å². The molecule has 0 aliphatic rings. The molecule has 9 heteroatoms. The molecule has 0 radical (unpaired) electrons. The van der Waals surface area contributed by atoms with Crippen LogP contribution in [0, 0.1) is 5.82 Å². The fourth-order valence-corrected chi connectivity index (χ4v) is 3.75. The second-order valence-corrected chi connectivity index (χ2v) is 8.71. The molecule has 0 aromatic heterocycles. The third-order valence-corrected chi connectivity index (χ3v) is 6.20. The lowest BCUT2D eigenvalue weighted by molar-refractivity contribution is 0.521. The first-order valence-corrected chi connectivity index (χ1v) is 9.36. The lowest BCUT2D eigenvalue weighted by Crippen LogP contribution is -2.22. The van der Waals surface area contributed by atoms with Crippen LogP contribution in [0.1, 0.15) is 0 Å². The van der Waals surface area contributed by atoms with E-state index in [2.05, 4.69) is 4.72 Å². The summed E-state index contributed by atoms with van der Waals surface area (Å²) in [6, 6.07) is 9.82. The van der Waals surface area contributed by atoms with Crippen molar-refractivity contribution in [2.45, 2.75) is 9.79 Å². The van der Waals surface area contributed by atoms with E-state index in [1.165, 1.54) is 50.5 Å². The van der Waals surface area contributed by atoms with Crippen molar-refractivity contribution >= 4 is 25.7 Å². The average molecular weight is 358 g/mol. The summed E-state index contributed by atoms with van der Waals surface area (Å²) >= 11 is 0. The van der Waals surface area contributed by atoms with E-state index in [0.717, 1.165) is 16.4 Å². The predicted octanol–water partition coefficient (Wildman–Crippen LogP) is 1.88. The van der Waals surface area contributed by atoms with Gasteiger partial charge in [0.05, 0.1) is 9.79 Å². The number of sulfonamides is 2. The van der Waals surface area contributed by atoms with E-state index in [1.54, 1.807) is 0 Å². The number of benzene rings is 2. The largest absolute Gasteiger partial charge is 0.280 e. The highest BCUT2D eigenvalue weighted by molar-refractivity contribution is 7.92. The molecule has 2 aromatic carbocycles. The minimum Gasteiger partial charge on any atom is -0.280 e. The van der Waals surface area contributed by atoms with Gasteiger partial charge in [0.25, 0.3) is 10.0 Å². The second-order valence-electron chi connectivity index (χ2n) is 4.87. The average Bonchev–Trinajstić information content (AvgIpc) is 2.47. The molecule has 0 unspecified atom stereocenters. The van der Waals surface area contributed by atoms with Crippen LogP contribution in [-0.2, 0) is 20.0 Å². The van der Waals surface area contributed by atoms with E-state index >= 15 is 0 Å². The van der Waals surface area contributed by atoms with E-state index in [9.17, 15) is 21.2 Å². The van der Waals surface area contributed by atoms with Crippen molar-refractivity contribution in [3.63, 3.8) is 0 Å². The Kier molecular flexibility index (Phi) is 4.73.